The van der Waals surface area contributed by atoms with Gasteiger partial charge in [-0.05, 0) is 25.6 Å². The lowest BCUT2D eigenvalue weighted by Crippen LogP contribution is -2.21. The number of aryl methyl sites for hydroxylation is 1. The van der Waals surface area contributed by atoms with Crippen LogP contribution in [0.2, 0.25) is 0 Å². The van der Waals surface area contributed by atoms with Gasteiger partial charge in [-0.2, -0.15) is 0 Å². The van der Waals surface area contributed by atoms with Crippen LogP contribution in [-0.2, 0) is 6.54 Å². The summed E-state index contributed by atoms with van der Waals surface area (Å²) in [6.07, 6.45) is 3.29. The molecule has 0 saturated carbocycles. The fraction of sp³-hybridized carbons (Fsp3) is 0.600. The number of hydrogen-bond acceptors (Lipinski definition) is 2. The number of aromatic nitrogens is 2. The third kappa shape index (κ3) is 2.80. The van der Waals surface area contributed by atoms with Crippen LogP contribution in [0.3, 0.4) is 0 Å². The molecule has 0 fully saturated rings. The molecule has 0 aliphatic carbocycles. The summed E-state index contributed by atoms with van der Waals surface area (Å²) in [4.78, 5) is 14.5. The minimum Gasteiger partial charge on any atom is -0.336 e. The van der Waals surface area contributed by atoms with Crippen molar-refractivity contribution in [2.24, 2.45) is 0 Å². The van der Waals surface area contributed by atoms with Crippen LogP contribution < -0.4 is 5.56 Å². The van der Waals surface area contributed by atoms with E-state index in [1.165, 1.54) is 0 Å². The highest BCUT2D eigenvalue weighted by molar-refractivity contribution is 7.71. The van der Waals surface area contributed by atoms with E-state index in [0.717, 1.165) is 31.5 Å². The lowest BCUT2D eigenvalue weighted by Gasteiger charge is -2.05. The summed E-state index contributed by atoms with van der Waals surface area (Å²) >= 11 is 5.08. The van der Waals surface area contributed by atoms with Crippen molar-refractivity contribution in [3.63, 3.8) is 0 Å². The van der Waals surface area contributed by atoms with Crippen LogP contribution in [0.4, 0.5) is 0 Å². The molecule has 0 unspecified atom stereocenters. The van der Waals surface area contributed by atoms with Gasteiger partial charge in [-0.3, -0.25) is 9.36 Å². The molecule has 0 aromatic carbocycles. The van der Waals surface area contributed by atoms with Gasteiger partial charge in [0, 0.05) is 18.3 Å². The molecule has 0 radical (unpaired) electrons. The summed E-state index contributed by atoms with van der Waals surface area (Å²) in [6, 6.07) is 1.59. The Morgan fingerprint density at radius 3 is 2.79 bits per heavy atom. The van der Waals surface area contributed by atoms with Crippen molar-refractivity contribution in [2.45, 2.75) is 39.7 Å². The molecular weight excluding hydrogens is 196 g/mol. The van der Waals surface area contributed by atoms with E-state index in [1.54, 1.807) is 10.6 Å². The van der Waals surface area contributed by atoms with Gasteiger partial charge in [0.05, 0.1) is 0 Å². The topological polar surface area (TPSA) is 37.8 Å². The van der Waals surface area contributed by atoms with Gasteiger partial charge in [-0.1, -0.05) is 19.8 Å². The fourth-order valence-corrected chi connectivity index (χ4v) is 1.71. The normalized spacial score (nSPS) is 10.4. The molecule has 1 rings (SSSR count). The maximum Gasteiger partial charge on any atom is 0.254 e. The Morgan fingerprint density at radius 1 is 1.50 bits per heavy atom. The Bertz CT molecular complexity index is 374. The highest BCUT2D eigenvalue weighted by Gasteiger charge is 1.98. The Labute approximate surface area is 88.8 Å². The quantitative estimate of drug-likeness (QED) is 0.614. The largest absolute Gasteiger partial charge is 0.336 e. The lowest BCUT2D eigenvalue weighted by molar-refractivity contribution is 0.572. The first-order valence-corrected chi connectivity index (χ1v) is 5.36. The number of aromatic amines is 1. The van der Waals surface area contributed by atoms with Gasteiger partial charge in [-0.25, -0.2) is 0 Å². The smallest absolute Gasteiger partial charge is 0.254 e. The van der Waals surface area contributed by atoms with Gasteiger partial charge < -0.3 is 4.98 Å². The van der Waals surface area contributed by atoms with E-state index in [1.807, 2.05) is 6.92 Å². The Balaban J connectivity index is 2.87. The summed E-state index contributed by atoms with van der Waals surface area (Å²) in [5.41, 5.74) is 0.828. The number of unbranched alkanes of at least 4 members (excludes halogenated alkanes) is 2. The second-order valence-electron chi connectivity index (χ2n) is 3.45. The minimum atomic E-state index is 0.00218. The highest BCUT2D eigenvalue weighted by Crippen LogP contribution is 1.97. The van der Waals surface area contributed by atoms with E-state index >= 15 is 0 Å². The van der Waals surface area contributed by atoms with Crippen LogP contribution in [0, 0.1) is 11.7 Å². The molecule has 0 atom stereocenters. The third-order valence-electron chi connectivity index (χ3n) is 2.14. The maximum atomic E-state index is 11.5. The van der Waals surface area contributed by atoms with Crippen molar-refractivity contribution in [3.8, 4) is 0 Å². The first kappa shape index (κ1) is 11.2. The SMILES string of the molecule is CCCCCn1c(=O)cc(C)[nH]c1=S. The summed E-state index contributed by atoms with van der Waals surface area (Å²) in [5.74, 6) is 0. The number of nitrogens with zero attached hydrogens (tertiary/aromatic N) is 1. The van der Waals surface area contributed by atoms with E-state index in [2.05, 4.69) is 11.9 Å². The number of rotatable bonds is 4. The summed E-state index contributed by atoms with van der Waals surface area (Å²) in [6.45, 7) is 4.70. The van der Waals surface area contributed by atoms with Crippen molar-refractivity contribution >= 4 is 12.2 Å². The van der Waals surface area contributed by atoms with Crippen LogP contribution >= 0.6 is 12.2 Å². The molecule has 3 nitrogen and oxygen atoms in total. The van der Waals surface area contributed by atoms with Gasteiger partial charge in [0.2, 0.25) is 0 Å². The van der Waals surface area contributed by atoms with Gasteiger partial charge in [-0.15, -0.1) is 0 Å². The van der Waals surface area contributed by atoms with Crippen molar-refractivity contribution < 1.29 is 0 Å². The van der Waals surface area contributed by atoms with Crippen LogP contribution in [0.25, 0.3) is 0 Å². The molecule has 0 spiro atoms. The molecule has 4 heteroatoms. The average Bonchev–Trinajstić information content (AvgIpc) is 2.09. The Hall–Kier alpha value is -0.900. The second kappa shape index (κ2) is 5.10. The van der Waals surface area contributed by atoms with E-state index in [4.69, 9.17) is 12.2 Å². The standard InChI is InChI=1S/C10H16N2OS/c1-3-4-5-6-12-9(13)7-8(2)11-10(12)14/h7H,3-6H2,1-2H3,(H,11,14). The molecule has 0 saturated heterocycles. The summed E-state index contributed by atoms with van der Waals surface area (Å²) < 4.78 is 2.16. The minimum absolute atomic E-state index is 0.00218. The van der Waals surface area contributed by atoms with Gasteiger partial charge in [0.15, 0.2) is 4.77 Å². The van der Waals surface area contributed by atoms with Crippen molar-refractivity contribution in [1.29, 1.82) is 0 Å². The first-order valence-electron chi connectivity index (χ1n) is 4.96. The summed E-state index contributed by atoms with van der Waals surface area (Å²) in [5, 5.41) is 0. The molecule has 1 aromatic heterocycles. The maximum absolute atomic E-state index is 11.5. The zero-order chi connectivity index (χ0) is 10.6. The predicted molar refractivity (Wildman–Crippen MR) is 60.1 cm³/mol. The van der Waals surface area contributed by atoms with Gasteiger partial charge in [0.1, 0.15) is 0 Å². The molecule has 0 bridgehead atoms. The van der Waals surface area contributed by atoms with E-state index in [9.17, 15) is 4.79 Å². The predicted octanol–water partition coefficient (Wildman–Crippen LogP) is 2.40. The number of nitrogens with one attached hydrogen (secondary N) is 1. The molecule has 1 N–H and O–H groups in total. The van der Waals surface area contributed by atoms with Crippen molar-refractivity contribution in [2.75, 3.05) is 0 Å². The Morgan fingerprint density at radius 2 is 2.21 bits per heavy atom. The average molecular weight is 212 g/mol. The molecule has 78 valence electrons. The number of hydrogen-bond donors (Lipinski definition) is 1. The van der Waals surface area contributed by atoms with Crippen molar-refractivity contribution in [3.05, 3.63) is 26.9 Å². The lowest BCUT2D eigenvalue weighted by atomic mass is 10.2. The molecule has 0 aliphatic rings. The number of H-pyrrole nitrogens is 1. The molecule has 0 aliphatic heterocycles. The second-order valence-corrected chi connectivity index (χ2v) is 3.84. The van der Waals surface area contributed by atoms with Gasteiger partial charge in [0.25, 0.3) is 5.56 Å². The monoisotopic (exact) mass is 212 g/mol. The zero-order valence-corrected chi connectivity index (χ0v) is 9.49. The van der Waals surface area contributed by atoms with Crippen LogP contribution in [-0.4, -0.2) is 9.55 Å². The van der Waals surface area contributed by atoms with E-state index < -0.39 is 0 Å². The van der Waals surface area contributed by atoms with Crippen LogP contribution in [0.15, 0.2) is 10.9 Å². The fourth-order valence-electron chi connectivity index (χ4n) is 1.37. The molecule has 1 heterocycles. The first-order chi connectivity index (χ1) is 6.65. The third-order valence-corrected chi connectivity index (χ3v) is 2.46. The zero-order valence-electron chi connectivity index (χ0n) is 8.67. The van der Waals surface area contributed by atoms with Crippen LogP contribution in [0.5, 0.6) is 0 Å². The van der Waals surface area contributed by atoms with Crippen LogP contribution in [0.1, 0.15) is 31.9 Å². The van der Waals surface area contributed by atoms with E-state index in [-0.39, 0.29) is 5.56 Å². The molecule has 1 aromatic rings. The van der Waals surface area contributed by atoms with Gasteiger partial charge >= 0.3 is 0 Å². The van der Waals surface area contributed by atoms with Crippen molar-refractivity contribution in [1.82, 2.24) is 9.55 Å². The Kier molecular flexibility index (Phi) is 4.07. The molecule has 0 amide bonds. The van der Waals surface area contributed by atoms with E-state index in [0.29, 0.717) is 4.77 Å². The molecular formula is C10H16N2OS. The highest BCUT2D eigenvalue weighted by atomic mass is 32.1. The molecule has 14 heavy (non-hydrogen) atoms. The summed E-state index contributed by atoms with van der Waals surface area (Å²) in [7, 11) is 0.